The highest BCUT2D eigenvalue weighted by Crippen LogP contribution is 2.42. The molecule has 4 aliphatic rings. The predicted octanol–water partition coefficient (Wildman–Crippen LogP) is 6.20. The third-order valence-corrected chi connectivity index (χ3v) is 9.38. The van der Waals surface area contributed by atoms with Crippen molar-refractivity contribution >= 4 is 34.9 Å². The van der Waals surface area contributed by atoms with Gasteiger partial charge in [-0.1, -0.05) is 36.4 Å². The molecule has 9 nitrogen and oxygen atoms in total. The predicted molar refractivity (Wildman–Crippen MR) is 179 cm³/mol. The number of hydrogen-bond donors (Lipinski definition) is 1. The van der Waals surface area contributed by atoms with Gasteiger partial charge in [-0.25, -0.2) is 0 Å². The molecule has 4 aliphatic heterocycles. The van der Waals surface area contributed by atoms with Gasteiger partial charge in [0.15, 0.2) is 23.0 Å². The summed E-state index contributed by atoms with van der Waals surface area (Å²) in [5.41, 5.74) is 8.15. The fraction of sp³-hybridized carbons (Fsp3) is 0.297. The number of nitrogens with one attached hydrogen (secondary N) is 1. The molecule has 4 aromatic carbocycles. The fourth-order valence-corrected chi connectivity index (χ4v) is 7.11. The van der Waals surface area contributed by atoms with Crippen molar-refractivity contribution in [2.45, 2.75) is 37.9 Å². The van der Waals surface area contributed by atoms with E-state index in [9.17, 15) is 4.79 Å². The van der Waals surface area contributed by atoms with E-state index in [-0.39, 0.29) is 18.0 Å². The lowest BCUT2D eigenvalue weighted by Gasteiger charge is -2.24. The smallest absolute Gasteiger partial charge is 0.260 e. The van der Waals surface area contributed by atoms with Crippen LogP contribution in [0.2, 0.25) is 0 Å². The molecule has 4 aromatic rings. The molecular formula is C37H36N4O5. The normalized spacial score (nSPS) is 18.6. The summed E-state index contributed by atoms with van der Waals surface area (Å²) in [6.45, 7) is 2.26. The van der Waals surface area contributed by atoms with Gasteiger partial charge in [0.2, 0.25) is 0 Å². The maximum atomic E-state index is 13.7. The third kappa shape index (κ3) is 4.87. The van der Waals surface area contributed by atoms with Gasteiger partial charge in [0.05, 0.1) is 56.5 Å². The highest BCUT2D eigenvalue weighted by atomic mass is 16.5. The number of benzene rings is 4. The Morgan fingerprint density at radius 1 is 0.804 bits per heavy atom. The molecule has 0 radical (unpaired) electrons. The van der Waals surface area contributed by atoms with E-state index in [1.165, 1.54) is 16.8 Å². The Balaban J connectivity index is 0.925. The minimum Gasteiger partial charge on any atom is -0.493 e. The molecule has 0 saturated heterocycles. The molecule has 4 heterocycles. The van der Waals surface area contributed by atoms with Crippen LogP contribution in [-0.2, 0) is 19.4 Å². The Kier molecular flexibility index (Phi) is 7.16. The van der Waals surface area contributed by atoms with Gasteiger partial charge < -0.3 is 34.1 Å². The van der Waals surface area contributed by atoms with E-state index in [1.54, 1.807) is 20.3 Å². The second-order valence-corrected chi connectivity index (χ2v) is 12.1. The van der Waals surface area contributed by atoms with Crippen molar-refractivity contribution in [3.63, 3.8) is 0 Å². The molecule has 0 aliphatic carbocycles. The van der Waals surface area contributed by atoms with Crippen LogP contribution in [0.1, 0.15) is 33.5 Å². The lowest BCUT2D eigenvalue weighted by atomic mass is 10.1. The van der Waals surface area contributed by atoms with Crippen LogP contribution in [0, 0.1) is 0 Å². The maximum Gasteiger partial charge on any atom is 0.260 e. The van der Waals surface area contributed by atoms with Crippen LogP contribution in [0.3, 0.4) is 0 Å². The van der Waals surface area contributed by atoms with Gasteiger partial charge in [-0.05, 0) is 48.2 Å². The van der Waals surface area contributed by atoms with E-state index in [1.807, 2.05) is 41.3 Å². The molecule has 46 heavy (non-hydrogen) atoms. The SMILES string of the molecule is COc1cc2c(cc1OCCCOc1cc3c(cc1OC)C(=O)N1c4ccccc4C[C@H]1CN3)N=C[C@@H]1Cc3ccccc3N1C2. The number of rotatable bonds is 8. The van der Waals surface area contributed by atoms with E-state index in [0.717, 1.165) is 42.0 Å². The van der Waals surface area contributed by atoms with Crippen molar-refractivity contribution in [3.05, 3.63) is 95.1 Å². The maximum absolute atomic E-state index is 13.7. The van der Waals surface area contributed by atoms with Gasteiger partial charge >= 0.3 is 0 Å². The summed E-state index contributed by atoms with van der Waals surface area (Å²) >= 11 is 0. The monoisotopic (exact) mass is 616 g/mol. The number of amides is 1. The first-order chi connectivity index (χ1) is 22.6. The second kappa shape index (κ2) is 11.6. The molecule has 0 spiro atoms. The molecule has 0 fully saturated rings. The molecule has 1 N–H and O–H groups in total. The summed E-state index contributed by atoms with van der Waals surface area (Å²) in [6.07, 6.45) is 4.48. The van der Waals surface area contributed by atoms with Gasteiger partial charge in [-0.2, -0.15) is 0 Å². The van der Waals surface area contributed by atoms with Crippen molar-refractivity contribution in [1.29, 1.82) is 0 Å². The molecule has 0 unspecified atom stereocenters. The summed E-state index contributed by atoms with van der Waals surface area (Å²) < 4.78 is 23.7. The zero-order valence-electron chi connectivity index (χ0n) is 26.0. The van der Waals surface area contributed by atoms with Crippen LogP contribution in [0.4, 0.5) is 22.7 Å². The first-order valence-corrected chi connectivity index (χ1v) is 15.8. The molecule has 234 valence electrons. The van der Waals surface area contributed by atoms with Crippen LogP contribution in [0.5, 0.6) is 23.0 Å². The number of aliphatic imine (C=N–C) groups is 1. The van der Waals surface area contributed by atoms with Gasteiger partial charge in [-0.3, -0.25) is 9.79 Å². The van der Waals surface area contributed by atoms with Crippen LogP contribution < -0.4 is 34.1 Å². The molecule has 9 heteroatoms. The van der Waals surface area contributed by atoms with E-state index in [4.69, 9.17) is 23.9 Å². The standard InChI is InChI=1S/C37H36N4O5/c1-43-33-16-25-22-40-26(14-23-8-3-5-10-31(23)40)20-38-29(25)18-35(33)45-12-7-13-46-36-19-30-28(17-34(36)44-2)37(42)41-27(21-39-30)15-24-9-4-6-11-32(24)41/h3-6,8-11,16-20,26-27,39H,7,12-15,21-22H2,1-2H3/t26-,27-/m0/s1. The van der Waals surface area contributed by atoms with Gasteiger partial charge in [0.1, 0.15) is 0 Å². The zero-order valence-corrected chi connectivity index (χ0v) is 26.0. The van der Waals surface area contributed by atoms with Crippen molar-refractivity contribution in [1.82, 2.24) is 0 Å². The van der Waals surface area contributed by atoms with Gasteiger partial charge in [-0.15, -0.1) is 0 Å². The molecule has 0 aromatic heterocycles. The number of carbonyl (C=O) groups excluding carboxylic acids is 1. The minimum absolute atomic E-state index is 0.0301. The van der Waals surface area contributed by atoms with E-state index >= 15 is 0 Å². The van der Waals surface area contributed by atoms with Gasteiger partial charge in [0.25, 0.3) is 5.91 Å². The Labute approximate surface area is 268 Å². The second-order valence-electron chi connectivity index (χ2n) is 12.1. The van der Waals surface area contributed by atoms with Crippen molar-refractivity contribution in [3.8, 4) is 23.0 Å². The largest absolute Gasteiger partial charge is 0.493 e. The summed E-state index contributed by atoms with van der Waals surface area (Å²) in [5, 5.41) is 3.49. The topological polar surface area (TPSA) is 84.9 Å². The average molecular weight is 617 g/mol. The first kappa shape index (κ1) is 28.3. The molecule has 8 rings (SSSR count). The van der Waals surface area contributed by atoms with Crippen molar-refractivity contribution in [2.75, 3.05) is 49.1 Å². The minimum atomic E-state index is -0.0301. The zero-order chi connectivity index (χ0) is 31.2. The summed E-state index contributed by atoms with van der Waals surface area (Å²) in [6, 6.07) is 24.7. The molecule has 1 amide bonds. The summed E-state index contributed by atoms with van der Waals surface area (Å²) in [7, 11) is 3.26. The highest BCUT2D eigenvalue weighted by Gasteiger charge is 2.38. The van der Waals surface area contributed by atoms with Crippen LogP contribution in [0.25, 0.3) is 0 Å². The lowest BCUT2D eigenvalue weighted by Crippen LogP contribution is -2.39. The van der Waals surface area contributed by atoms with E-state index < -0.39 is 0 Å². The number of ether oxygens (including phenoxy) is 4. The van der Waals surface area contributed by atoms with Gasteiger partial charge in [0, 0.05) is 54.8 Å². The Hall–Kier alpha value is -5.18. The van der Waals surface area contributed by atoms with Crippen LogP contribution in [-0.4, -0.2) is 58.2 Å². The Morgan fingerprint density at radius 3 is 2.28 bits per heavy atom. The molecule has 2 atom stereocenters. The lowest BCUT2D eigenvalue weighted by molar-refractivity contribution is 0.0983. The Bertz CT molecular complexity index is 1860. The number of anilines is 3. The highest BCUT2D eigenvalue weighted by molar-refractivity contribution is 6.12. The van der Waals surface area contributed by atoms with E-state index in [2.05, 4.69) is 46.8 Å². The van der Waals surface area contributed by atoms with Crippen LogP contribution in [0.15, 0.2) is 77.8 Å². The number of hydrogen-bond acceptors (Lipinski definition) is 8. The fourth-order valence-electron chi connectivity index (χ4n) is 7.11. The Morgan fingerprint density at radius 2 is 1.50 bits per heavy atom. The average Bonchev–Trinajstić information content (AvgIpc) is 3.53. The first-order valence-electron chi connectivity index (χ1n) is 15.8. The number of fused-ring (bicyclic) bond motifs is 8. The summed E-state index contributed by atoms with van der Waals surface area (Å²) in [5.74, 6) is 2.43. The number of methoxy groups -OCH3 is 2. The molecule has 0 bridgehead atoms. The van der Waals surface area contributed by atoms with E-state index in [0.29, 0.717) is 54.7 Å². The number of nitrogens with zero attached hydrogens (tertiary/aromatic N) is 3. The number of carbonyl (C=O) groups is 1. The molecular weight excluding hydrogens is 580 g/mol. The quantitative estimate of drug-likeness (QED) is 0.236. The van der Waals surface area contributed by atoms with Crippen molar-refractivity contribution in [2.24, 2.45) is 4.99 Å². The summed E-state index contributed by atoms with van der Waals surface area (Å²) in [4.78, 5) is 22.9. The van der Waals surface area contributed by atoms with Crippen LogP contribution >= 0.6 is 0 Å². The third-order valence-electron chi connectivity index (χ3n) is 9.38. The number of para-hydroxylation sites is 2. The molecule has 0 saturated carbocycles. The van der Waals surface area contributed by atoms with Crippen molar-refractivity contribution < 1.29 is 23.7 Å².